The molecule has 218 valence electrons. The molecule has 0 amide bonds. The van der Waals surface area contributed by atoms with Crippen molar-refractivity contribution in [3.8, 4) is 0 Å². The number of carbonyl (C=O) groups is 1. The smallest absolute Gasteiger partial charge is 0.325 e. The summed E-state index contributed by atoms with van der Waals surface area (Å²) in [7, 11) is 0. The average molecular weight is 558 g/mol. The van der Waals surface area contributed by atoms with Crippen molar-refractivity contribution in [3.05, 3.63) is 58.3 Å². The molecule has 0 radical (unpaired) electrons. The number of hydrogen-bond donors (Lipinski definition) is 2. The number of rotatable bonds is 12. The summed E-state index contributed by atoms with van der Waals surface area (Å²) in [6, 6.07) is 8.66. The first-order valence-corrected chi connectivity index (χ1v) is 14.5. The summed E-state index contributed by atoms with van der Waals surface area (Å²) in [5, 5.41) is 13.6. The number of nitrogens with zero attached hydrogens (tertiary/aromatic N) is 2. The molecule has 5 rings (SSSR count). The van der Waals surface area contributed by atoms with E-state index < -0.39 is 23.9 Å². The van der Waals surface area contributed by atoms with Gasteiger partial charge in [0, 0.05) is 31.1 Å². The number of hydrogen-bond acceptors (Lipinski definition) is 6. The van der Waals surface area contributed by atoms with Crippen LogP contribution in [0, 0.1) is 12.8 Å². The minimum Gasteiger partial charge on any atom is -0.480 e. The normalized spacial score (nSPS) is 21.4. The van der Waals surface area contributed by atoms with Gasteiger partial charge in [-0.3, -0.25) is 9.69 Å². The van der Waals surface area contributed by atoms with E-state index in [1.807, 2.05) is 32.0 Å². The van der Waals surface area contributed by atoms with Gasteiger partial charge in [0.05, 0.1) is 19.8 Å². The number of aryl methyl sites for hydroxylation is 3. The molecule has 2 saturated heterocycles. The van der Waals surface area contributed by atoms with E-state index in [1.54, 1.807) is 11.0 Å². The standard InChI is InChI=1S/C31H41F2N3O4/c1-21-7-5-10-25(26(21)18-40-30(2)19-39-20-30)27(29(37)38)36-16-13-23(17-36)31(32,33)14-4-3-9-24-12-11-22-8-6-15-34-28(22)35-24/h5,7,10-12,23,27H,3-4,6,8-9,13-20H2,1-2H3,(H,34,35)(H,37,38)/t23-,27?/m1/s1. The van der Waals surface area contributed by atoms with Crippen LogP contribution in [0.15, 0.2) is 30.3 Å². The molecule has 2 atom stereocenters. The Balaban J connectivity index is 1.18. The number of anilines is 1. The molecule has 0 bridgehead atoms. The minimum absolute atomic E-state index is 0.0573. The van der Waals surface area contributed by atoms with Crippen LogP contribution in [0.4, 0.5) is 14.6 Å². The second-order valence-electron chi connectivity index (χ2n) is 11.9. The average Bonchev–Trinajstić information content (AvgIpc) is 3.40. The first kappa shape index (κ1) is 28.9. The molecule has 0 spiro atoms. The Hall–Kier alpha value is -2.62. The van der Waals surface area contributed by atoms with Crippen molar-refractivity contribution in [1.82, 2.24) is 9.88 Å². The minimum atomic E-state index is -2.85. The van der Waals surface area contributed by atoms with E-state index in [0.29, 0.717) is 44.6 Å². The fraction of sp³-hybridized carbons (Fsp3) is 0.613. The van der Waals surface area contributed by atoms with E-state index in [9.17, 15) is 9.90 Å². The number of aliphatic carboxylic acids is 1. The van der Waals surface area contributed by atoms with Gasteiger partial charge in [-0.25, -0.2) is 13.8 Å². The van der Waals surface area contributed by atoms with Crippen LogP contribution in [0.3, 0.4) is 0 Å². The predicted molar refractivity (Wildman–Crippen MR) is 149 cm³/mol. The monoisotopic (exact) mass is 557 g/mol. The Bertz CT molecular complexity index is 1200. The SMILES string of the molecule is Cc1cccc(C(C(=O)O)N2CC[C@@H](C(F)(F)CCCCc3ccc4c(n3)NCCC4)C2)c1COC1(C)COC1. The summed E-state index contributed by atoms with van der Waals surface area (Å²) < 4.78 is 42.0. The molecule has 2 aromatic rings. The molecule has 1 aromatic heterocycles. The number of fused-ring (bicyclic) bond motifs is 1. The maximum atomic E-state index is 15.3. The summed E-state index contributed by atoms with van der Waals surface area (Å²) in [5.74, 6) is -3.81. The summed E-state index contributed by atoms with van der Waals surface area (Å²) in [4.78, 5) is 18.9. The zero-order valence-electron chi connectivity index (χ0n) is 23.6. The lowest BCUT2D eigenvalue weighted by Gasteiger charge is -2.38. The molecule has 2 fully saturated rings. The lowest BCUT2D eigenvalue weighted by atomic mass is 9.94. The summed E-state index contributed by atoms with van der Waals surface area (Å²) in [6.07, 6.45) is 3.93. The molecule has 3 aliphatic rings. The van der Waals surface area contributed by atoms with E-state index in [-0.39, 0.29) is 31.6 Å². The highest BCUT2D eigenvalue weighted by Crippen LogP contribution is 2.40. The number of ether oxygens (including phenoxy) is 2. The number of carboxylic acid groups (broad SMARTS) is 1. The van der Waals surface area contributed by atoms with Crippen LogP contribution in [0.5, 0.6) is 0 Å². The Morgan fingerprint density at radius 3 is 2.88 bits per heavy atom. The van der Waals surface area contributed by atoms with Crippen LogP contribution in [-0.4, -0.2) is 65.3 Å². The molecule has 40 heavy (non-hydrogen) atoms. The second kappa shape index (κ2) is 12.1. The molecule has 9 heteroatoms. The maximum absolute atomic E-state index is 15.3. The molecule has 4 heterocycles. The molecule has 7 nitrogen and oxygen atoms in total. The summed E-state index contributed by atoms with van der Waals surface area (Å²) in [6.45, 7) is 6.46. The van der Waals surface area contributed by atoms with Crippen molar-refractivity contribution in [1.29, 1.82) is 0 Å². The number of pyridine rings is 1. The van der Waals surface area contributed by atoms with Gasteiger partial charge in [-0.05, 0) is 87.2 Å². The van der Waals surface area contributed by atoms with Crippen LogP contribution in [0.2, 0.25) is 0 Å². The highest BCUT2D eigenvalue weighted by molar-refractivity contribution is 5.76. The first-order chi connectivity index (χ1) is 19.2. The zero-order chi connectivity index (χ0) is 28.3. The largest absolute Gasteiger partial charge is 0.480 e. The van der Waals surface area contributed by atoms with Gasteiger partial charge in [0.1, 0.15) is 17.5 Å². The summed E-state index contributed by atoms with van der Waals surface area (Å²) in [5.41, 5.74) is 4.13. The first-order valence-electron chi connectivity index (χ1n) is 14.5. The van der Waals surface area contributed by atoms with Gasteiger partial charge in [0.25, 0.3) is 5.92 Å². The van der Waals surface area contributed by atoms with E-state index in [1.165, 1.54) is 5.56 Å². The van der Waals surface area contributed by atoms with Crippen LogP contribution in [0.25, 0.3) is 0 Å². The molecule has 3 aliphatic heterocycles. The van der Waals surface area contributed by atoms with Gasteiger partial charge in [0.15, 0.2) is 0 Å². The number of benzene rings is 1. The number of nitrogens with one attached hydrogen (secondary N) is 1. The van der Waals surface area contributed by atoms with Crippen molar-refractivity contribution >= 4 is 11.8 Å². The topological polar surface area (TPSA) is 83.9 Å². The molecule has 1 unspecified atom stereocenters. The molecular weight excluding hydrogens is 516 g/mol. The highest BCUT2D eigenvalue weighted by Gasteiger charge is 2.46. The molecule has 1 aromatic carbocycles. The van der Waals surface area contributed by atoms with E-state index in [4.69, 9.17) is 9.47 Å². The predicted octanol–water partition coefficient (Wildman–Crippen LogP) is 5.55. The molecular formula is C31H41F2N3O4. The lowest BCUT2D eigenvalue weighted by molar-refractivity contribution is -0.204. The van der Waals surface area contributed by atoms with Crippen LogP contribution in [-0.2, 0) is 33.7 Å². The van der Waals surface area contributed by atoms with Gasteiger partial charge in [0.2, 0.25) is 0 Å². The number of carboxylic acids is 1. The Morgan fingerprint density at radius 1 is 1.30 bits per heavy atom. The fourth-order valence-electron chi connectivity index (χ4n) is 6.13. The number of halogens is 2. The van der Waals surface area contributed by atoms with Gasteiger partial charge in [-0.15, -0.1) is 0 Å². The molecule has 2 N–H and O–H groups in total. The van der Waals surface area contributed by atoms with E-state index >= 15 is 8.78 Å². The third-order valence-corrected chi connectivity index (χ3v) is 8.68. The maximum Gasteiger partial charge on any atom is 0.325 e. The van der Waals surface area contributed by atoms with Gasteiger partial charge >= 0.3 is 5.97 Å². The van der Waals surface area contributed by atoms with Crippen LogP contribution < -0.4 is 5.32 Å². The van der Waals surface area contributed by atoms with Crippen LogP contribution in [0.1, 0.15) is 73.0 Å². The Labute approximate surface area is 235 Å². The van der Waals surface area contributed by atoms with Crippen molar-refractivity contribution in [2.45, 2.75) is 83.0 Å². The van der Waals surface area contributed by atoms with Crippen molar-refractivity contribution in [3.63, 3.8) is 0 Å². The zero-order valence-corrected chi connectivity index (χ0v) is 23.6. The molecule has 0 saturated carbocycles. The van der Waals surface area contributed by atoms with Gasteiger partial charge in [-0.1, -0.05) is 24.3 Å². The Morgan fingerprint density at radius 2 is 2.12 bits per heavy atom. The van der Waals surface area contributed by atoms with Crippen molar-refractivity contribution < 1.29 is 28.2 Å². The highest BCUT2D eigenvalue weighted by atomic mass is 19.3. The summed E-state index contributed by atoms with van der Waals surface area (Å²) >= 11 is 0. The third kappa shape index (κ3) is 6.47. The second-order valence-corrected chi connectivity index (χ2v) is 11.9. The number of unbranched alkanes of at least 4 members (excludes halogenated alkanes) is 1. The Kier molecular flexibility index (Phi) is 8.73. The van der Waals surface area contributed by atoms with Gasteiger partial charge in [-0.2, -0.15) is 0 Å². The fourth-order valence-corrected chi connectivity index (χ4v) is 6.13. The van der Waals surface area contributed by atoms with Crippen LogP contribution >= 0.6 is 0 Å². The van der Waals surface area contributed by atoms with E-state index in [2.05, 4.69) is 16.4 Å². The molecule has 0 aliphatic carbocycles. The van der Waals surface area contributed by atoms with E-state index in [0.717, 1.165) is 42.0 Å². The quantitative estimate of drug-likeness (QED) is 0.331. The number of alkyl halides is 2. The number of aromatic nitrogens is 1. The van der Waals surface area contributed by atoms with Crippen molar-refractivity contribution in [2.75, 3.05) is 38.2 Å². The van der Waals surface area contributed by atoms with Crippen molar-refractivity contribution in [2.24, 2.45) is 5.92 Å². The third-order valence-electron chi connectivity index (χ3n) is 8.68. The van der Waals surface area contributed by atoms with Gasteiger partial charge < -0.3 is 19.9 Å². The number of likely N-dealkylation sites (tertiary alicyclic amines) is 1. The lowest BCUT2D eigenvalue weighted by Crippen LogP contribution is -2.49.